The first-order valence-corrected chi connectivity index (χ1v) is 13.8. The normalized spacial score (nSPS) is 22.9. The van der Waals surface area contributed by atoms with Crippen molar-refractivity contribution in [1.82, 2.24) is 19.6 Å². The average Bonchev–Trinajstić information content (AvgIpc) is 3.68. The second-order valence-electron chi connectivity index (χ2n) is 8.97. The molecule has 2 saturated carbocycles. The molecule has 0 aromatic heterocycles. The van der Waals surface area contributed by atoms with Crippen LogP contribution in [0, 0.1) is 0 Å². The molecule has 4 N–H and O–H groups in total. The highest BCUT2D eigenvalue weighted by atomic mass is 35.5. The van der Waals surface area contributed by atoms with Crippen LogP contribution in [0.1, 0.15) is 25.7 Å². The highest BCUT2D eigenvalue weighted by Crippen LogP contribution is 2.29. The number of nitrogens with zero attached hydrogens (tertiary/aromatic N) is 4. The average molecular weight is 603 g/mol. The van der Waals surface area contributed by atoms with Gasteiger partial charge in [-0.2, -0.15) is 0 Å². The third-order valence-electron chi connectivity index (χ3n) is 6.59. The summed E-state index contributed by atoms with van der Waals surface area (Å²) >= 11 is 0. The van der Waals surface area contributed by atoms with Gasteiger partial charge in [-0.1, -0.05) is 21.6 Å². The largest absolute Gasteiger partial charge is 0.339 e. The van der Waals surface area contributed by atoms with Crippen LogP contribution in [-0.4, -0.2) is 119 Å². The Morgan fingerprint density at radius 3 is 1.18 bits per heavy atom. The van der Waals surface area contributed by atoms with Gasteiger partial charge in [0.25, 0.3) is 0 Å². The first kappa shape index (κ1) is 34.6. The summed E-state index contributed by atoms with van der Waals surface area (Å²) in [6, 6.07) is 0.545. The van der Waals surface area contributed by atoms with Gasteiger partial charge in [-0.3, -0.25) is 19.4 Å². The summed E-state index contributed by atoms with van der Waals surface area (Å²) in [5.41, 5.74) is 12.3. The molecular weight excluding hydrogens is 562 g/mol. The fourth-order valence-electron chi connectivity index (χ4n) is 4.35. The summed E-state index contributed by atoms with van der Waals surface area (Å²) in [5, 5.41) is 0. The van der Waals surface area contributed by atoms with Crippen molar-refractivity contribution in [2.75, 3.05) is 63.9 Å². The van der Waals surface area contributed by atoms with Crippen molar-refractivity contribution in [1.29, 1.82) is 0 Å². The van der Waals surface area contributed by atoms with E-state index < -0.39 is 12.1 Å². The third-order valence-corrected chi connectivity index (χ3v) is 9.06. The van der Waals surface area contributed by atoms with E-state index in [2.05, 4.69) is 9.80 Å². The lowest BCUT2D eigenvalue weighted by atomic mass is 10.2. The molecule has 4 fully saturated rings. The van der Waals surface area contributed by atoms with Gasteiger partial charge in [0.2, 0.25) is 11.8 Å². The maximum atomic E-state index is 12.6. The van der Waals surface area contributed by atoms with Crippen LogP contribution in [0.5, 0.6) is 0 Å². The number of halogens is 4. The summed E-state index contributed by atoms with van der Waals surface area (Å²) < 4.78 is 0. The minimum Gasteiger partial charge on any atom is -0.339 e. The maximum Gasteiger partial charge on any atom is 0.240 e. The van der Waals surface area contributed by atoms with Crippen molar-refractivity contribution in [2.24, 2.45) is 11.5 Å². The Morgan fingerprint density at radius 1 is 0.618 bits per heavy atom. The Morgan fingerprint density at radius 2 is 0.912 bits per heavy atom. The zero-order valence-electron chi connectivity index (χ0n) is 19.4. The molecule has 0 aromatic carbocycles. The van der Waals surface area contributed by atoms with Gasteiger partial charge in [0.15, 0.2) is 0 Å². The molecule has 8 nitrogen and oxygen atoms in total. The predicted octanol–water partition coefficient (Wildman–Crippen LogP) is 1.32. The monoisotopic (exact) mass is 600 g/mol. The SMILES string of the molecule is Cl.Cl.Cl.Cl.NC(CSSCC(N)C(=O)N1CCN(C2CC2)CC1)C(=O)N1CCN(C2CC2)CC1. The number of hydrogen-bond acceptors (Lipinski definition) is 8. The Bertz CT molecular complexity index is 568. The number of carbonyl (C=O) groups excluding carboxylic acids is 2. The van der Waals surface area contributed by atoms with E-state index in [-0.39, 0.29) is 61.4 Å². The molecule has 14 heteroatoms. The minimum atomic E-state index is -0.489. The zero-order chi connectivity index (χ0) is 21.1. The van der Waals surface area contributed by atoms with Gasteiger partial charge in [0.05, 0.1) is 12.1 Å². The van der Waals surface area contributed by atoms with E-state index in [9.17, 15) is 9.59 Å². The molecule has 2 amide bonds. The van der Waals surface area contributed by atoms with Crippen LogP contribution < -0.4 is 11.5 Å². The molecule has 0 bridgehead atoms. The van der Waals surface area contributed by atoms with Crippen molar-refractivity contribution in [3.8, 4) is 0 Å². The highest BCUT2D eigenvalue weighted by molar-refractivity contribution is 8.76. The van der Waals surface area contributed by atoms with Crippen molar-refractivity contribution in [3.63, 3.8) is 0 Å². The fraction of sp³-hybridized carbons (Fsp3) is 0.900. The highest BCUT2D eigenvalue weighted by Gasteiger charge is 2.34. The van der Waals surface area contributed by atoms with Crippen molar-refractivity contribution in [3.05, 3.63) is 0 Å². The summed E-state index contributed by atoms with van der Waals surface area (Å²) in [7, 11) is 3.10. The van der Waals surface area contributed by atoms with E-state index in [0.717, 1.165) is 64.4 Å². The predicted molar refractivity (Wildman–Crippen MR) is 152 cm³/mol. The topological polar surface area (TPSA) is 99.1 Å². The number of piperazine rings is 2. The van der Waals surface area contributed by atoms with Crippen LogP contribution in [0.3, 0.4) is 0 Å². The van der Waals surface area contributed by atoms with Crippen LogP contribution in [0.25, 0.3) is 0 Å². The van der Waals surface area contributed by atoms with Crippen LogP contribution in [0.15, 0.2) is 0 Å². The van der Waals surface area contributed by atoms with E-state index in [1.165, 1.54) is 25.7 Å². The molecule has 0 spiro atoms. The molecule has 2 aliphatic heterocycles. The minimum absolute atomic E-state index is 0. The number of nitrogens with two attached hydrogens (primary N) is 2. The molecule has 34 heavy (non-hydrogen) atoms. The molecule has 4 rings (SSSR count). The summed E-state index contributed by atoms with van der Waals surface area (Å²) in [6.45, 7) is 7.02. The Hall–Kier alpha value is 0.640. The number of hydrogen-bond donors (Lipinski definition) is 2. The number of amides is 2. The van der Waals surface area contributed by atoms with Crippen LogP contribution >= 0.6 is 71.2 Å². The molecule has 2 saturated heterocycles. The van der Waals surface area contributed by atoms with Gasteiger partial charge in [-0.25, -0.2) is 0 Å². The quantitative estimate of drug-likeness (QED) is 0.302. The lowest BCUT2D eigenvalue weighted by Gasteiger charge is -2.36. The van der Waals surface area contributed by atoms with E-state index >= 15 is 0 Å². The summed E-state index contributed by atoms with van der Waals surface area (Å²) in [5.74, 6) is 1.19. The number of rotatable bonds is 9. The molecule has 2 unspecified atom stereocenters. The lowest BCUT2D eigenvalue weighted by Crippen LogP contribution is -2.54. The zero-order valence-corrected chi connectivity index (χ0v) is 24.3. The van der Waals surface area contributed by atoms with Gasteiger partial charge in [-0.15, -0.1) is 49.6 Å². The fourth-order valence-corrected chi connectivity index (χ4v) is 6.58. The van der Waals surface area contributed by atoms with Crippen molar-refractivity contribution in [2.45, 2.75) is 49.9 Å². The summed E-state index contributed by atoms with van der Waals surface area (Å²) in [6.07, 6.45) is 5.23. The third kappa shape index (κ3) is 9.84. The van der Waals surface area contributed by atoms with Crippen LogP contribution in [0.4, 0.5) is 0 Å². The van der Waals surface area contributed by atoms with Gasteiger partial charge < -0.3 is 21.3 Å². The smallest absolute Gasteiger partial charge is 0.240 e. The van der Waals surface area contributed by atoms with Crippen molar-refractivity contribution < 1.29 is 9.59 Å². The first-order chi connectivity index (χ1) is 14.5. The first-order valence-electron chi connectivity index (χ1n) is 11.3. The molecule has 0 aromatic rings. The molecule has 0 radical (unpaired) electrons. The van der Waals surface area contributed by atoms with E-state index in [0.29, 0.717) is 11.5 Å². The molecule has 2 heterocycles. The van der Waals surface area contributed by atoms with E-state index in [1.54, 1.807) is 21.6 Å². The second-order valence-corrected chi connectivity index (χ2v) is 11.5. The van der Waals surface area contributed by atoms with Crippen molar-refractivity contribution >= 4 is 83.0 Å². The van der Waals surface area contributed by atoms with Crippen LogP contribution in [-0.2, 0) is 9.59 Å². The van der Waals surface area contributed by atoms with Gasteiger partial charge in [0.1, 0.15) is 0 Å². The Kier molecular flexibility index (Phi) is 16.8. The number of carbonyl (C=O) groups is 2. The molecular formula is C20H40Cl4N6O2S2. The van der Waals surface area contributed by atoms with E-state index in [4.69, 9.17) is 11.5 Å². The standard InChI is InChI=1S/C20H36N6O2S2.4ClH/c21-17(19(27)25-9-5-23(6-10-25)15-1-2-15)13-29-30-14-18(22)20(28)26-11-7-24(8-12-26)16-3-4-16;;;;/h15-18H,1-14,21-22H2;4*1H. The molecule has 2 atom stereocenters. The van der Waals surface area contributed by atoms with Gasteiger partial charge >= 0.3 is 0 Å². The lowest BCUT2D eigenvalue weighted by molar-refractivity contribution is -0.134. The summed E-state index contributed by atoms with van der Waals surface area (Å²) in [4.78, 5) is 34.0. The Balaban J connectivity index is 0.00000272. The maximum absolute atomic E-state index is 12.6. The van der Waals surface area contributed by atoms with Gasteiger partial charge in [-0.05, 0) is 25.7 Å². The Labute approximate surface area is 236 Å². The van der Waals surface area contributed by atoms with Gasteiger partial charge in [0, 0.05) is 75.9 Å². The second kappa shape index (κ2) is 16.5. The molecule has 4 aliphatic rings. The molecule has 202 valence electrons. The van der Waals surface area contributed by atoms with Crippen LogP contribution in [0.2, 0.25) is 0 Å². The molecule has 2 aliphatic carbocycles. The van der Waals surface area contributed by atoms with E-state index in [1.807, 2.05) is 9.80 Å².